The Kier molecular flexibility index (Phi) is 5.78. The summed E-state index contributed by atoms with van der Waals surface area (Å²) in [7, 11) is -1.01. The van der Waals surface area contributed by atoms with Gasteiger partial charge in [0.1, 0.15) is 6.10 Å². The van der Waals surface area contributed by atoms with Crippen LogP contribution >= 0.6 is 0 Å². The van der Waals surface area contributed by atoms with Crippen LogP contribution in [0, 0.1) is 0 Å². The molecule has 0 aliphatic carbocycles. The number of ether oxygens (including phenoxy) is 1. The maximum Gasteiger partial charge on any atom is 0.330 e. The molecule has 0 saturated carbocycles. The van der Waals surface area contributed by atoms with Crippen molar-refractivity contribution >= 4 is 15.7 Å². The van der Waals surface area contributed by atoms with Gasteiger partial charge in [0.15, 0.2) is 9.76 Å². The van der Waals surface area contributed by atoms with Gasteiger partial charge in [0, 0.05) is 6.08 Å². The summed E-state index contributed by atoms with van der Waals surface area (Å²) < 4.78 is 4.91. The monoisotopic (exact) mass is 174 g/mol. The molecule has 0 amide bonds. The predicted molar refractivity (Wildman–Crippen MR) is 45.9 cm³/mol. The highest BCUT2D eigenvalue weighted by Crippen LogP contribution is 2.03. The van der Waals surface area contributed by atoms with Gasteiger partial charge in [-0.25, -0.2) is 4.79 Å². The molecule has 0 heterocycles. The molecule has 0 aromatic rings. The van der Waals surface area contributed by atoms with Gasteiger partial charge >= 0.3 is 5.97 Å². The number of hydrogen-bond acceptors (Lipinski definition) is 3. The molecule has 1 N–H and O–H groups in total. The topological polar surface area (TPSA) is 46.5 Å². The third-order valence-corrected chi connectivity index (χ3v) is 2.26. The lowest BCUT2D eigenvalue weighted by molar-refractivity contribution is -0.142. The molecule has 1 unspecified atom stereocenters. The standard InChI is InChI=1S/C7H14O3Si/c1-3-6(5-11-9)10-7(8)4-2/h4,6,9H,2-3,5,11H2,1H3. The lowest BCUT2D eigenvalue weighted by Gasteiger charge is -2.12. The summed E-state index contributed by atoms with van der Waals surface area (Å²) in [6.45, 7) is 5.20. The van der Waals surface area contributed by atoms with E-state index in [2.05, 4.69) is 6.58 Å². The molecule has 1 atom stereocenters. The second-order valence-corrected chi connectivity index (χ2v) is 3.21. The molecule has 0 saturated heterocycles. The van der Waals surface area contributed by atoms with E-state index in [1.54, 1.807) is 0 Å². The summed E-state index contributed by atoms with van der Waals surface area (Å²) in [5.41, 5.74) is 0. The molecule has 0 aliphatic rings. The Bertz CT molecular complexity index is 136. The van der Waals surface area contributed by atoms with Crippen LogP contribution in [0.15, 0.2) is 12.7 Å². The summed E-state index contributed by atoms with van der Waals surface area (Å²) in [4.78, 5) is 19.3. The van der Waals surface area contributed by atoms with Crippen molar-refractivity contribution in [3.63, 3.8) is 0 Å². The smallest absolute Gasteiger partial charge is 0.330 e. The summed E-state index contributed by atoms with van der Waals surface area (Å²) in [6, 6.07) is 0.635. The van der Waals surface area contributed by atoms with Crippen molar-refractivity contribution in [1.82, 2.24) is 0 Å². The maximum atomic E-state index is 10.6. The second-order valence-electron chi connectivity index (χ2n) is 2.18. The Morgan fingerprint density at radius 2 is 2.55 bits per heavy atom. The fraction of sp³-hybridized carbons (Fsp3) is 0.571. The van der Waals surface area contributed by atoms with Crippen LogP contribution in [-0.4, -0.2) is 26.6 Å². The van der Waals surface area contributed by atoms with Gasteiger partial charge in [-0.3, -0.25) is 0 Å². The van der Waals surface area contributed by atoms with E-state index in [0.717, 1.165) is 12.5 Å². The third-order valence-electron chi connectivity index (χ3n) is 1.36. The molecule has 3 nitrogen and oxygen atoms in total. The number of carbonyl (C=O) groups is 1. The Labute approximate surface area is 69.0 Å². The van der Waals surface area contributed by atoms with Gasteiger partial charge in [-0.1, -0.05) is 13.5 Å². The van der Waals surface area contributed by atoms with Gasteiger partial charge in [0.2, 0.25) is 0 Å². The minimum absolute atomic E-state index is 0.114. The lowest BCUT2D eigenvalue weighted by Crippen LogP contribution is -2.17. The highest BCUT2D eigenvalue weighted by atomic mass is 28.2. The summed E-state index contributed by atoms with van der Waals surface area (Å²) in [6.07, 6.45) is 1.78. The summed E-state index contributed by atoms with van der Waals surface area (Å²) in [5, 5.41) is 0. The van der Waals surface area contributed by atoms with Crippen molar-refractivity contribution in [3.8, 4) is 0 Å². The number of hydrogen-bond donors (Lipinski definition) is 1. The van der Waals surface area contributed by atoms with Crippen LogP contribution in [0.3, 0.4) is 0 Å². The predicted octanol–water partition coefficient (Wildman–Crippen LogP) is -0.0114. The van der Waals surface area contributed by atoms with Crippen LogP contribution < -0.4 is 0 Å². The van der Waals surface area contributed by atoms with Crippen molar-refractivity contribution in [1.29, 1.82) is 0 Å². The average molecular weight is 174 g/mol. The fourth-order valence-electron chi connectivity index (χ4n) is 0.703. The van der Waals surface area contributed by atoms with E-state index >= 15 is 0 Å². The molecule has 11 heavy (non-hydrogen) atoms. The van der Waals surface area contributed by atoms with E-state index in [1.807, 2.05) is 6.92 Å². The molecule has 0 spiro atoms. The van der Waals surface area contributed by atoms with E-state index in [0.29, 0.717) is 6.04 Å². The van der Waals surface area contributed by atoms with Crippen molar-refractivity contribution in [3.05, 3.63) is 12.7 Å². The van der Waals surface area contributed by atoms with Crippen LogP contribution in [0.5, 0.6) is 0 Å². The van der Waals surface area contributed by atoms with Crippen LogP contribution in [0.1, 0.15) is 13.3 Å². The first-order valence-electron chi connectivity index (χ1n) is 3.68. The molecule has 0 aliphatic heterocycles. The average Bonchev–Trinajstić information content (AvgIpc) is 2.03. The number of carbonyl (C=O) groups excluding carboxylic acids is 1. The van der Waals surface area contributed by atoms with Crippen LogP contribution in [0.2, 0.25) is 6.04 Å². The molecule has 4 heteroatoms. The molecular formula is C7H14O3Si. The molecule has 0 aromatic heterocycles. The van der Waals surface area contributed by atoms with E-state index < -0.39 is 15.7 Å². The number of esters is 1. The van der Waals surface area contributed by atoms with Gasteiger partial charge < -0.3 is 9.53 Å². The zero-order valence-electron chi connectivity index (χ0n) is 6.75. The SMILES string of the molecule is C=CC(=O)OC(CC)C[SiH2]O. The zero-order valence-corrected chi connectivity index (χ0v) is 8.16. The van der Waals surface area contributed by atoms with Crippen molar-refractivity contribution in [2.75, 3.05) is 0 Å². The quantitative estimate of drug-likeness (QED) is 0.362. The first-order valence-corrected chi connectivity index (χ1v) is 5.31. The normalized spacial score (nSPS) is 13.3. The molecular weight excluding hydrogens is 160 g/mol. The maximum absolute atomic E-state index is 10.6. The Morgan fingerprint density at radius 1 is 1.91 bits per heavy atom. The van der Waals surface area contributed by atoms with Crippen LogP contribution in [-0.2, 0) is 9.53 Å². The number of rotatable bonds is 5. The fourth-order valence-corrected chi connectivity index (χ4v) is 1.52. The lowest BCUT2D eigenvalue weighted by atomic mass is 10.3. The van der Waals surface area contributed by atoms with Gasteiger partial charge in [0.25, 0.3) is 0 Å². The van der Waals surface area contributed by atoms with E-state index in [1.165, 1.54) is 0 Å². The van der Waals surface area contributed by atoms with Crippen molar-refractivity contribution in [2.45, 2.75) is 25.5 Å². The largest absolute Gasteiger partial charge is 0.459 e. The minimum Gasteiger partial charge on any atom is -0.459 e. The van der Waals surface area contributed by atoms with E-state index in [9.17, 15) is 4.79 Å². The Morgan fingerprint density at radius 3 is 2.91 bits per heavy atom. The summed E-state index contributed by atoms with van der Waals surface area (Å²) >= 11 is 0. The van der Waals surface area contributed by atoms with Gasteiger partial charge in [-0.05, 0) is 12.5 Å². The molecule has 0 radical (unpaired) electrons. The second kappa shape index (κ2) is 6.12. The van der Waals surface area contributed by atoms with Crippen molar-refractivity contribution in [2.24, 2.45) is 0 Å². The molecule has 64 valence electrons. The first-order chi connectivity index (χ1) is 5.24. The van der Waals surface area contributed by atoms with Crippen LogP contribution in [0.25, 0.3) is 0 Å². The summed E-state index contributed by atoms with van der Waals surface area (Å²) in [5.74, 6) is -0.403. The van der Waals surface area contributed by atoms with E-state index in [4.69, 9.17) is 9.53 Å². The van der Waals surface area contributed by atoms with Gasteiger partial charge in [0.05, 0.1) is 0 Å². The first kappa shape index (κ1) is 10.4. The Balaban J connectivity index is 3.67. The van der Waals surface area contributed by atoms with Gasteiger partial charge in [-0.15, -0.1) is 0 Å². The molecule has 0 rings (SSSR count). The highest BCUT2D eigenvalue weighted by molar-refractivity contribution is 6.25. The molecule has 0 fully saturated rings. The molecule has 0 bridgehead atoms. The third kappa shape index (κ3) is 4.75. The molecule has 0 aromatic carbocycles. The highest BCUT2D eigenvalue weighted by Gasteiger charge is 2.08. The van der Waals surface area contributed by atoms with Crippen molar-refractivity contribution < 1.29 is 14.3 Å². The Hall–Kier alpha value is -0.613. The van der Waals surface area contributed by atoms with E-state index in [-0.39, 0.29) is 6.10 Å². The van der Waals surface area contributed by atoms with Crippen LogP contribution in [0.4, 0.5) is 0 Å². The van der Waals surface area contributed by atoms with Gasteiger partial charge in [-0.2, -0.15) is 0 Å². The minimum atomic E-state index is -1.01. The zero-order chi connectivity index (χ0) is 8.69.